The van der Waals surface area contributed by atoms with Gasteiger partial charge in [0.25, 0.3) is 8.32 Å². The van der Waals surface area contributed by atoms with Gasteiger partial charge < -0.3 is 4.43 Å². The molecule has 0 atom stereocenters. The molecule has 0 amide bonds. The number of hydrogen-bond donors (Lipinski definition) is 0. The zero-order chi connectivity index (χ0) is 20.8. The van der Waals surface area contributed by atoms with Crippen LogP contribution in [-0.4, -0.2) is 18.1 Å². The van der Waals surface area contributed by atoms with Gasteiger partial charge in [-0.2, -0.15) is 18.3 Å². The maximum absolute atomic E-state index is 12.9. The van der Waals surface area contributed by atoms with Crippen LogP contribution in [0.4, 0.5) is 13.2 Å². The highest BCUT2D eigenvalue weighted by Crippen LogP contribution is 2.40. The van der Waals surface area contributed by atoms with E-state index in [1.807, 2.05) is 6.92 Å². The van der Waals surface area contributed by atoms with E-state index < -0.39 is 20.1 Å². The molecule has 9 heteroatoms. The molecular formula is C18H23Cl2F3N2OSi. The largest absolute Gasteiger partial charge is 0.541 e. The number of rotatable bonds is 4. The first-order chi connectivity index (χ1) is 12.2. The first-order valence-corrected chi connectivity index (χ1v) is 12.2. The van der Waals surface area contributed by atoms with E-state index in [9.17, 15) is 13.2 Å². The van der Waals surface area contributed by atoms with Gasteiger partial charge in [0.1, 0.15) is 17.1 Å². The van der Waals surface area contributed by atoms with Crippen molar-refractivity contribution in [1.29, 1.82) is 0 Å². The molecule has 0 N–H and O–H groups in total. The topological polar surface area (TPSA) is 27.1 Å². The monoisotopic (exact) mass is 438 g/mol. The molecule has 2 aromatic rings. The smallest absolute Gasteiger partial charge is 0.416 e. The zero-order valence-corrected chi connectivity index (χ0v) is 18.6. The molecule has 27 heavy (non-hydrogen) atoms. The first kappa shape index (κ1) is 22.1. The number of hydrogen-bond acceptors (Lipinski definition) is 2. The standard InChI is InChI=1S/C18H23Cl2F3N2OSi/c1-7-14-15(26-27(5,6)17(2,3)4)10-25(24-14)16-12(19)8-11(9-13(16)20)18(21,22)23/h8-10H,7H2,1-6H3. The molecular weight excluding hydrogens is 416 g/mol. The third-order valence-corrected chi connectivity index (χ3v) is 9.75. The highest BCUT2D eigenvalue weighted by atomic mass is 35.5. The molecule has 0 aliphatic rings. The van der Waals surface area contributed by atoms with Crippen molar-refractivity contribution in [1.82, 2.24) is 9.78 Å². The van der Waals surface area contributed by atoms with Crippen LogP contribution < -0.4 is 4.43 Å². The van der Waals surface area contributed by atoms with Gasteiger partial charge in [-0.15, -0.1) is 0 Å². The summed E-state index contributed by atoms with van der Waals surface area (Å²) in [6.45, 7) is 12.5. The van der Waals surface area contributed by atoms with E-state index in [1.54, 1.807) is 6.20 Å². The van der Waals surface area contributed by atoms with Gasteiger partial charge in [0.15, 0.2) is 0 Å². The van der Waals surface area contributed by atoms with Gasteiger partial charge in [-0.3, -0.25) is 0 Å². The average Bonchev–Trinajstić information content (AvgIpc) is 2.86. The van der Waals surface area contributed by atoms with Crippen molar-refractivity contribution in [3.05, 3.63) is 39.6 Å². The molecule has 0 aliphatic carbocycles. The fraction of sp³-hybridized carbons (Fsp3) is 0.500. The lowest BCUT2D eigenvalue weighted by Crippen LogP contribution is -2.44. The molecule has 0 saturated carbocycles. The first-order valence-electron chi connectivity index (χ1n) is 8.51. The highest BCUT2D eigenvalue weighted by molar-refractivity contribution is 6.74. The lowest BCUT2D eigenvalue weighted by atomic mass is 10.2. The summed E-state index contributed by atoms with van der Waals surface area (Å²) in [5, 5.41) is 4.18. The van der Waals surface area contributed by atoms with Crippen LogP contribution in [-0.2, 0) is 12.6 Å². The summed E-state index contributed by atoms with van der Waals surface area (Å²) in [4.78, 5) is 0. The minimum atomic E-state index is -4.53. The number of nitrogens with zero attached hydrogens (tertiary/aromatic N) is 2. The van der Waals surface area contributed by atoms with Gasteiger partial charge in [-0.25, -0.2) is 4.68 Å². The molecule has 1 aromatic carbocycles. The predicted molar refractivity (Wildman–Crippen MR) is 106 cm³/mol. The van der Waals surface area contributed by atoms with Crippen LogP contribution in [0.15, 0.2) is 18.3 Å². The Balaban J connectivity index is 2.52. The molecule has 1 heterocycles. The van der Waals surface area contributed by atoms with Crippen LogP contribution >= 0.6 is 23.2 Å². The normalized spacial score (nSPS) is 13.1. The van der Waals surface area contributed by atoms with Crippen LogP contribution in [0, 0.1) is 0 Å². The van der Waals surface area contributed by atoms with Crippen molar-refractivity contribution in [2.75, 3.05) is 0 Å². The number of aryl methyl sites for hydroxylation is 1. The summed E-state index contributed by atoms with van der Waals surface area (Å²) >= 11 is 12.2. The number of benzene rings is 1. The van der Waals surface area contributed by atoms with Crippen molar-refractivity contribution in [2.24, 2.45) is 0 Å². The Morgan fingerprint density at radius 2 is 1.63 bits per heavy atom. The zero-order valence-electron chi connectivity index (χ0n) is 16.1. The fourth-order valence-electron chi connectivity index (χ4n) is 2.21. The van der Waals surface area contributed by atoms with Crippen molar-refractivity contribution < 1.29 is 17.6 Å². The Morgan fingerprint density at radius 3 is 2.04 bits per heavy atom. The van der Waals surface area contributed by atoms with Gasteiger partial charge in [-0.05, 0) is 36.7 Å². The number of aromatic nitrogens is 2. The minimum Gasteiger partial charge on any atom is -0.541 e. The van der Waals surface area contributed by atoms with E-state index in [2.05, 4.69) is 39.0 Å². The molecule has 0 radical (unpaired) electrons. The quantitative estimate of drug-likeness (QED) is 0.473. The van der Waals surface area contributed by atoms with Crippen LogP contribution in [0.2, 0.25) is 28.2 Å². The van der Waals surface area contributed by atoms with E-state index in [0.717, 1.165) is 12.1 Å². The lowest BCUT2D eigenvalue weighted by molar-refractivity contribution is -0.137. The third-order valence-electron chi connectivity index (χ3n) is 4.83. The Kier molecular flexibility index (Phi) is 6.00. The summed E-state index contributed by atoms with van der Waals surface area (Å²) in [5.41, 5.74) is -0.000149. The van der Waals surface area contributed by atoms with Crippen LogP contribution in [0.25, 0.3) is 5.69 Å². The van der Waals surface area contributed by atoms with Crippen molar-refractivity contribution in [3.8, 4) is 11.4 Å². The number of alkyl halides is 3. The second-order valence-corrected chi connectivity index (χ2v) is 13.4. The maximum atomic E-state index is 12.9. The summed E-state index contributed by atoms with van der Waals surface area (Å²) in [6.07, 6.45) is -2.28. The van der Waals surface area contributed by atoms with Gasteiger partial charge in [0.2, 0.25) is 0 Å². The van der Waals surface area contributed by atoms with Gasteiger partial charge in [-0.1, -0.05) is 50.9 Å². The molecule has 0 bridgehead atoms. The molecule has 0 saturated heterocycles. The van der Waals surface area contributed by atoms with E-state index in [-0.39, 0.29) is 20.8 Å². The van der Waals surface area contributed by atoms with E-state index in [4.69, 9.17) is 27.6 Å². The van der Waals surface area contributed by atoms with Crippen molar-refractivity contribution >= 4 is 31.5 Å². The van der Waals surface area contributed by atoms with Crippen LogP contribution in [0.1, 0.15) is 39.0 Å². The fourth-order valence-corrected chi connectivity index (χ4v) is 3.90. The second-order valence-electron chi connectivity index (χ2n) is 7.89. The predicted octanol–water partition coefficient (Wildman–Crippen LogP) is 7.14. The molecule has 0 fully saturated rings. The SMILES string of the molecule is CCc1nn(-c2c(Cl)cc(C(F)(F)F)cc2Cl)cc1O[Si](C)(C)C(C)(C)C. The minimum absolute atomic E-state index is 0.0102. The average molecular weight is 439 g/mol. The highest BCUT2D eigenvalue weighted by Gasteiger charge is 2.40. The van der Waals surface area contributed by atoms with Crippen molar-refractivity contribution in [2.45, 2.75) is 58.4 Å². The molecule has 0 spiro atoms. The molecule has 3 nitrogen and oxygen atoms in total. The van der Waals surface area contributed by atoms with E-state index in [0.29, 0.717) is 17.9 Å². The molecule has 0 unspecified atom stereocenters. The van der Waals surface area contributed by atoms with Crippen molar-refractivity contribution in [3.63, 3.8) is 0 Å². The Hall–Kier alpha value is -1.18. The van der Waals surface area contributed by atoms with Crippen LogP contribution in [0.3, 0.4) is 0 Å². The number of halogens is 5. The van der Waals surface area contributed by atoms with E-state index in [1.165, 1.54) is 4.68 Å². The van der Waals surface area contributed by atoms with Crippen LogP contribution in [0.5, 0.6) is 5.75 Å². The van der Waals surface area contributed by atoms with E-state index >= 15 is 0 Å². The lowest BCUT2D eigenvalue weighted by Gasteiger charge is -2.36. The molecule has 2 rings (SSSR count). The van der Waals surface area contributed by atoms with Gasteiger partial charge in [0.05, 0.1) is 21.8 Å². The summed E-state index contributed by atoms with van der Waals surface area (Å²) < 4.78 is 46.6. The Morgan fingerprint density at radius 1 is 1.11 bits per heavy atom. The molecule has 1 aromatic heterocycles. The van der Waals surface area contributed by atoms with Gasteiger partial charge >= 0.3 is 6.18 Å². The second kappa shape index (κ2) is 7.33. The maximum Gasteiger partial charge on any atom is 0.416 e. The summed E-state index contributed by atoms with van der Waals surface area (Å²) in [7, 11) is -2.11. The molecule has 150 valence electrons. The molecule has 0 aliphatic heterocycles. The Labute approximate surface area is 168 Å². The summed E-state index contributed by atoms with van der Waals surface area (Å²) in [6, 6.07) is 1.70. The Bertz CT molecular complexity index is 819. The summed E-state index contributed by atoms with van der Waals surface area (Å²) in [5.74, 6) is 0.608. The third kappa shape index (κ3) is 4.63. The van der Waals surface area contributed by atoms with Gasteiger partial charge in [0, 0.05) is 0 Å².